The number of nitrogens with one attached hydrogen (secondary N) is 1. The number of nitrogens with zero attached hydrogens (tertiary/aromatic N) is 5. The van der Waals surface area contributed by atoms with Crippen LogP contribution in [0.3, 0.4) is 0 Å². The lowest BCUT2D eigenvalue weighted by atomic mass is 10.1. The van der Waals surface area contributed by atoms with Crippen LogP contribution in [0, 0.1) is 5.82 Å². The van der Waals surface area contributed by atoms with Crippen molar-refractivity contribution in [1.29, 1.82) is 0 Å². The zero-order chi connectivity index (χ0) is 21.0. The third kappa shape index (κ3) is 5.13. The summed E-state index contributed by atoms with van der Waals surface area (Å²) in [6.45, 7) is -0.408. The molecule has 0 saturated carbocycles. The predicted molar refractivity (Wildman–Crippen MR) is 95.4 cm³/mol. The van der Waals surface area contributed by atoms with Crippen molar-refractivity contribution in [3.05, 3.63) is 64.4 Å². The van der Waals surface area contributed by atoms with Crippen molar-refractivity contribution in [3.63, 3.8) is 0 Å². The lowest BCUT2D eigenvalue weighted by Crippen LogP contribution is -2.24. The molecule has 0 fully saturated rings. The van der Waals surface area contributed by atoms with Crippen LogP contribution in [0.4, 0.5) is 17.6 Å². The smallest absolute Gasteiger partial charge is 0.271 e. The van der Waals surface area contributed by atoms with Crippen molar-refractivity contribution >= 4 is 23.7 Å². The van der Waals surface area contributed by atoms with Crippen LogP contribution < -0.4 is 5.43 Å². The number of hydrazone groups is 1. The van der Waals surface area contributed by atoms with Crippen LogP contribution in [0.5, 0.6) is 0 Å². The zero-order valence-electron chi connectivity index (χ0n) is 14.4. The van der Waals surface area contributed by atoms with Gasteiger partial charge in [-0.05, 0) is 29.5 Å². The van der Waals surface area contributed by atoms with Crippen molar-refractivity contribution in [2.45, 2.75) is 12.7 Å². The number of carbonyl (C=O) groups is 1. The SMILES string of the molecule is O=C(Cn1nnc(-c2cccc(C(F)(F)F)c2)n1)N/N=C/c1c(F)cccc1Cl. The molecule has 1 amide bonds. The van der Waals surface area contributed by atoms with Crippen LogP contribution in [0.1, 0.15) is 11.1 Å². The number of hydrogen-bond donors (Lipinski definition) is 1. The Morgan fingerprint density at radius 1 is 1.24 bits per heavy atom. The van der Waals surface area contributed by atoms with Gasteiger partial charge in [-0.15, -0.1) is 10.2 Å². The molecule has 7 nitrogen and oxygen atoms in total. The van der Waals surface area contributed by atoms with Gasteiger partial charge in [-0.3, -0.25) is 4.79 Å². The molecule has 0 aliphatic heterocycles. The second-order valence-electron chi connectivity index (χ2n) is 5.65. The fourth-order valence-electron chi connectivity index (χ4n) is 2.23. The molecule has 1 heterocycles. The quantitative estimate of drug-likeness (QED) is 0.385. The Labute approximate surface area is 166 Å². The summed E-state index contributed by atoms with van der Waals surface area (Å²) in [4.78, 5) is 12.8. The molecule has 2 aromatic carbocycles. The number of aromatic nitrogens is 4. The van der Waals surface area contributed by atoms with Crippen molar-refractivity contribution in [2.24, 2.45) is 5.10 Å². The molecule has 0 atom stereocenters. The van der Waals surface area contributed by atoms with Crippen molar-refractivity contribution in [2.75, 3.05) is 0 Å². The van der Waals surface area contributed by atoms with E-state index in [1.807, 2.05) is 0 Å². The van der Waals surface area contributed by atoms with E-state index < -0.39 is 30.0 Å². The highest BCUT2D eigenvalue weighted by Crippen LogP contribution is 2.31. The van der Waals surface area contributed by atoms with Crippen molar-refractivity contribution < 1.29 is 22.4 Å². The molecule has 0 aliphatic carbocycles. The van der Waals surface area contributed by atoms with Gasteiger partial charge in [0.2, 0.25) is 5.82 Å². The van der Waals surface area contributed by atoms with E-state index in [0.717, 1.165) is 23.1 Å². The molecule has 3 rings (SSSR count). The second kappa shape index (κ2) is 8.35. The van der Waals surface area contributed by atoms with Crippen LogP contribution in [0.25, 0.3) is 11.4 Å². The number of hydrogen-bond acceptors (Lipinski definition) is 5. The first-order chi connectivity index (χ1) is 13.7. The standard InChI is InChI=1S/C17H11ClF4N6O/c18-13-5-2-6-14(19)12(13)8-23-24-15(29)9-28-26-16(25-27-28)10-3-1-4-11(7-10)17(20,21)22/h1-8H,9H2,(H,24,29)/b23-8+. The van der Waals surface area contributed by atoms with E-state index in [4.69, 9.17) is 11.6 Å². The molecule has 0 spiro atoms. The van der Waals surface area contributed by atoms with Crippen LogP contribution in [-0.4, -0.2) is 32.3 Å². The molecule has 0 unspecified atom stereocenters. The molecular formula is C17H11ClF4N6O. The third-order valence-electron chi connectivity index (χ3n) is 3.57. The molecule has 0 aliphatic rings. The minimum Gasteiger partial charge on any atom is -0.271 e. The molecule has 0 radical (unpaired) electrons. The molecule has 29 heavy (non-hydrogen) atoms. The largest absolute Gasteiger partial charge is 0.416 e. The fourth-order valence-corrected chi connectivity index (χ4v) is 2.44. The summed E-state index contributed by atoms with van der Waals surface area (Å²) in [7, 11) is 0. The van der Waals surface area contributed by atoms with Gasteiger partial charge in [0, 0.05) is 11.1 Å². The predicted octanol–water partition coefficient (Wildman–Crippen LogP) is 3.30. The fraction of sp³-hybridized carbons (Fsp3) is 0.118. The number of rotatable bonds is 5. The number of amides is 1. The Morgan fingerprint density at radius 3 is 2.72 bits per heavy atom. The molecular weight excluding hydrogens is 416 g/mol. The molecule has 3 aromatic rings. The lowest BCUT2D eigenvalue weighted by Gasteiger charge is -2.06. The van der Waals surface area contributed by atoms with Crippen molar-refractivity contribution in [1.82, 2.24) is 25.6 Å². The Kier molecular flexibility index (Phi) is 5.87. The molecule has 1 aromatic heterocycles. The Hall–Kier alpha value is -3.34. The van der Waals surface area contributed by atoms with E-state index in [9.17, 15) is 22.4 Å². The average Bonchev–Trinajstić information content (AvgIpc) is 3.12. The first kappa shape index (κ1) is 20.4. The number of halogens is 5. The van der Waals surface area contributed by atoms with Gasteiger partial charge < -0.3 is 0 Å². The summed E-state index contributed by atoms with van der Waals surface area (Å²) >= 11 is 5.83. The second-order valence-corrected chi connectivity index (χ2v) is 6.06. The summed E-state index contributed by atoms with van der Waals surface area (Å²) in [6.07, 6.45) is -3.47. The maximum absolute atomic E-state index is 13.6. The maximum Gasteiger partial charge on any atom is 0.416 e. The Bertz CT molecular complexity index is 1050. The molecule has 150 valence electrons. The highest BCUT2D eigenvalue weighted by Gasteiger charge is 2.30. The summed E-state index contributed by atoms with van der Waals surface area (Å²) < 4.78 is 52.0. The summed E-state index contributed by atoms with van der Waals surface area (Å²) in [6, 6.07) is 8.47. The lowest BCUT2D eigenvalue weighted by molar-refractivity contribution is -0.137. The number of alkyl halides is 3. The van der Waals surface area contributed by atoms with E-state index in [1.165, 1.54) is 30.3 Å². The van der Waals surface area contributed by atoms with Gasteiger partial charge in [0.15, 0.2) is 0 Å². The zero-order valence-corrected chi connectivity index (χ0v) is 15.1. The van der Waals surface area contributed by atoms with E-state index >= 15 is 0 Å². The van der Waals surface area contributed by atoms with Gasteiger partial charge in [0.25, 0.3) is 5.91 Å². The van der Waals surface area contributed by atoms with Crippen LogP contribution >= 0.6 is 11.6 Å². The van der Waals surface area contributed by atoms with Gasteiger partial charge in [-0.1, -0.05) is 29.8 Å². The Balaban J connectivity index is 1.64. The van der Waals surface area contributed by atoms with Gasteiger partial charge in [0.05, 0.1) is 16.8 Å². The maximum atomic E-state index is 13.6. The highest BCUT2D eigenvalue weighted by molar-refractivity contribution is 6.33. The topological polar surface area (TPSA) is 85.1 Å². The molecule has 0 bridgehead atoms. The minimum absolute atomic E-state index is 0.000167. The van der Waals surface area contributed by atoms with Crippen LogP contribution in [0.15, 0.2) is 47.6 Å². The van der Waals surface area contributed by atoms with Crippen molar-refractivity contribution in [3.8, 4) is 11.4 Å². The van der Waals surface area contributed by atoms with Gasteiger partial charge in [-0.25, -0.2) is 9.82 Å². The molecule has 0 saturated heterocycles. The normalized spacial score (nSPS) is 11.8. The number of carbonyl (C=O) groups excluding carboxylic acids is 1. The van der Waals surface area contributed by atoms with E-state index in [-0.39, 0.29) is 22.0 Å². The van der Waals surface area contributed by atoms with Gasteiger partial charge >= 0.3 is 6.18 Å². The van der Waals surface area contributed by atoms with Gasteiger partial charge in [0.1, 0.15) is 12.4 Å². The summed E-state index contributed by atoms with van der Waals surface area (Å²) in [5, 5.41) is 14.9. The molecule has 1 N–H and O–H groups in total. The Morgan fingerprint density at radius 2 is 2.00 bits per heavy atom. The minimum atomic E-state index is -4.51. The highest BCUT2D eigenvalue weighted by atomic mass is 35.5. The van der Waals surface area contributed by atoms with E-state index in [0.29, 0.717) is 0 Å². The first-order valence-electron chi connectivity index (χ1n) is 7.95. The van der Waals surface area contributed by atoms with E-state index in [2.05, 4.69) is 25.9 Å². The summed E-state index contributed by atoms with van der Waals surface area (Å²) in [5.41, 5.74) is 1.38. The third-order valence-corrected chi connectivity index (χ3v) is 3.90. The summed E-state index contributed by atoms with van der Waals surface area (Å²) in [5.74, 6) is -1.36. The first-order valence-corrected chi connectivity index (χ1v) is 8.33. The number of benzene rings is 2. The molecule has 12 heteroatoms. The van der Waals surface area contributed by atoms with Gasteiger partial charge in [-0.2, -0.15) is 23.1 Å². The average molecular weight is 427 g/mol. The monoisotopic (exact) mass is 426 g/mol. The number of tetrazole rings is 1. The van der Waals surface area contributed by atoms with Crippen LogP contribution in [-0.2, 0) is 17.5 Å². The van der Waals surface area contributed by atoms with Crippen LogP contribution in [0.2, 0.25) is 5.02 Å². The van der Waals surface area contributed by atoms with E-state index in [1.54, 1.807) is 0 Å².